The third-order valence-electron chi connectivity index (χ3n) is 2.69. The number of sulfone groups is 1. The van der Waals surface area contributed by atoms with Crippen LogP contribution < -0.4 is 0 Å². The van der Waals surface area contributed by atoms with Gasteiger partial charge >= 0.3 is 5.97 Å². The molecule has 1 unspecified atom stereocenters. The molecule has 1 aromatic heterocycles. The summed E-state index contributed by atoms with van der Waals surface area (Å²) in [7, 11) is -3.57. The molecule has 19 heavy (non-hydrogen) atoms. The van der Waals surface area contributed by atoms with Crippen molar-refractivity contribution >= 4 is 27.1 Å². The van der Waals surface area contributed by atoms with Crippen LogP contribution in [-0.2, 0) is 14.6 Å². The van der Waals surface area contributed by atoms with Crippen LogP contribution in [0, 0.1) is 0 Å². The van der Waals surface area contributed by atoms with Gasteiger partial charge in [0, 0.05) is 0 Å². The van der Waals surface area contributed by atoms with Gasteiger partial charge in [-0.1, -0.05) is 36.4 Å². The minimum absolute atomic E-state index is 0.203. The van der Waals surface area contributed by atoms with Crippen LogP contribution in [0.2, 0.25) is 0 Å². The van der Waals surface area contributed by atoms with Gasteiger partial charge in [-0.3, -0.25) is 4.79 Å². The number of rotatable bonds is 5. The molecule has 0 aliphatic heterocycles. The predicted octanol–water partition coefficient (Wildman–Crippen LogP) is 2.39. The van der Waals surface area contributed by atoms with Gasteiger partial charge in [0.25, 0.3) is 0 Å². The highest BCUT2D eigenvalue weighted by Crippen LogP contribution is 2.24. The standard InChI is InChI=1S/C13H12O4S2/c14-13(15)11(10-5-2-1-3-6-10)9-19(16,17)12-7-4-8-18-12/h1-8,11H,9H2,(H,14,15). The number of thiophene rings is 1. The molecule has 2 aromatic rings. The van der Waals surface area contributed by atoms with Gasteiger partial charge in [-0.25, -0.2) is 8.42 Å². The molecule has 0 radical (unpaired) electrons. The monoisotopic (exact) mass is 296 g/mol. The lowest BCUT2D eigenvalue weighted by Gasteiger charge is -2.12. The molecule has 1 heterocycles. The summed E-state index contributed by atoms with van der Waals surface area (Å²) in [6.45, 7) is 0. The van der Waals surface area contributed by atoms with Gasteiger partial charge in [-0.15, -0.1) is 11.3 Å². The molecule has 0 amide bonds. The van der Waals surface area contributed by atoms with Crippen molar-refractivity contribution < 1.29 is 18.3 Å². The Morgan fingerprint density at radius 1 is 1.16 bits per heavy atom. The summed E-state index contributed by atoms with van der Waals surface area (Å²) in [5.74, 6) is -2.60. The molecule has 1 N–H and O–H groups in total. The molecule has 6 heteroatoms. The van der Waals surface area contributed by atoms with Gasteiger partial charge in [0.2, 0.25) is 0 Å². The summed E-state index contributed by atoms with van der Waals surface area (Å²) in [4.78, 5) is 11.3. The first-order chi connectivity index (χ1) is 9.00. The van der Waals surface area contributed by atoms with Gasteiger partial charge in [0.15, 0.2) is 9.84 Å². The number of carboxylic acids is 1. The van der Waals surface area contributed by atoms with Crippen molar-refractivity contribution in [3.63, 3.8) is 0 Å². The number of hydrogen-bond donors (Lipinski definition) is 1. The van der Waals surface area contributed by atoms with Crippen molar-refractivity contribution in [1.82, 2.24) is 0 Å². The van der Waals surface area contributed by atoms with Crippen molar-refractivity contribution in [3.05, 3.63) is 53.4 Å². The zero-order valence-corrected chi connectivity index (χ0v) is 11.5. The molecule has 4 nitrogen and oxygen atoms in total. The summed E-state index contributed by atoms with van der Waals surface area (Å²) in [6, 6.07) is 11.5. The smallest absolute Gasteiger partial charge is 0.312 e. The number of hydrogen-bond acceptors (Lipinski definition) is 4. The second kappa shape index (κ2) is 5.54. The largest absolute Gasteiger partial charge is 0.481 e. The van der Waals surface area contributed by atoms with E-state index < -0.39 is 27.5 Å². The van der Waals surface area contributed by atoms with Crippen LogP contribution in [0.5, 0.6) is 0 Å². The van der Waals surface area contributed by atoms with Gasteiger partial charge < -0.3 is 5.11 Å². The van der Waals surface area contributed by atoms with Crippen LogP contribution >= 0.6 is 11.3 Å². The Morgan fingerprint density at radius 2 is 1.84 bits per heavy atom. The molecule has 2 rings (SSSR count). The lowest BCUT2D eigenvalue weighted by molar-refractivity contribution is -0.138. The topological polar surface area (TPSA) is 71.4 Å². The van der Waals surface area contributed by atoms with E-state index in [9.17, 15) is 18.3 Å². The molecule has 0 spiro atoms. The molecule has 0 aliphatic rings. The third kappa shape index (κ3) is 3.21. The van der Waals surface area contributed by atoms with Crippen molar-refractivity contribution in [2.75, 3.05) is 5.75 Å². The minimum atomic E-state index is -3.57. The van der Waals surface area contributed by atoms with E-state index in [2.05, 4.69) is 0 Å². The maximum Gasteiger partial charge on any atom is 0.312 e. The summed E-state index contributed by atoms with van der Waals surface area (Å²) in [6.07, 6.45) is 0. The van der Waals surface area contributed by atoms with E-state index in [0.29, 0.717) is 5.56 Å². The van der Waals surface area contributed by atoms with Gasteiger partial charge in [0.05, 0.1) is 11.7 Å². The predicted molar refractivity (Wildman–Crippen MR) is 73.2 cm³/mol. The van der Waals surface area contributed by atoms with Gasteiger partial charge in [0.1, 0.15) is 4.21 Å². The van der Waals surface area contributed by atoms with Crippen LogP contribution in [0.25, 0.3) is 0 Å². The summed E-state index contributed by atoms with van der Waals surface area (Å²) < 4.78 is 24.5. The number of carboxylic acid groups (broad SMARTS) is 1. The Labute approximate surface area is 115 Å². The van der Waals surface area contributed by atoms with E-state index in [0.717, 1.165) is 11.3 Å². The van der Waals surface area contributed by atoms with Gasteiger partial charge in [-0.2, -0.15) is 0 Å². The van der Waals surface area contributed by atoms with E-state index in [1.165, 1.54) is 6.07 Å². The van der Waals surface area contributed by atoms with Crippen LogP contribution in [0.4, 0.5) is 0 Å². The molecule has 100 valence electrons. The Balaban J connectivity index is 2.31. The number of carbonyl (C=O) groups is 1. The van der Waals surface area contributed by atoms with Crippen LogP contribution in [0.15, 0.2) is 52.1 Å². The molecule has 0 fully saturated rings. The first kappa shape index (κ1) is 13.8. The summed E-state index contributed by atoms with van der Waals surface area (Å²) in [5, 5.41) is 10.9. The number of aliphatic carboxylic acids is 1. The first-order valence-electron chi connectivity index (χ1n) is 5.55. The van der Waals surface area contributed by atoms with Crippen LogP contribution in [-0.4, -0.2) is 25.2 Å². The second-order valence-electron chi connectivity index (χ2n) is 4.02. The maximum atomic E-state index is 12.1. The average Bonchev–Trinajstić information content (AvgIpc) is 2.91. The van der Waals surface area contributed by atoms with Crippen molar-refractivity contribution in [1.29, 1.82) is 0 Å². The summed E-state index contributed by atoms with van der Waals surface area (Å²) in [5.41, 5.74) is 0.495. The lowest BCUT2D eigenvalue weighted by Crippen LogP contribution is -2.21. The highest BCUT2D eigenvalue weighted by molar-refractivity contribution is 7.93. The van der Waals surface area contributed by atoms with Crippen LogP contribution in [0.1, 0.15) is 11.5 Å². The Bertz CT molecular complexity index is 645. The molecule has 0 saturated carbocycles. The molecule has 1 aromatic carbocycles. The highest BCUT2D eigenvalue weighted by Gasteiger charge is 2.28. The zero-order valence-electron chi connectivity index (χ0n) is 9.89. The lowest BCUT2D eigenvalue weighted by atomic mass is 10.0. The second-order valence-corrected chi connectivity index (χ2v) is 7.22. The van der Waals surface area contributed by atoms with E-state index >= 15 is 0 Å². The third-order valence-corrected chi connectivity index (χ3v) is 5.92. The zero-order chi connectivity index (χ0) is 13.9. The maximum absolute atomic E-state index is 12.1. The Hall–Kier alpha value is -1.66. The Kier molecular flexibility index (Phi) is 4.01. The van der Waals surface area contributed by atoms with E-state index in [1.807, 2.05) is 0 Å². The van der Waals surface area contributed by atoms with Crippen molar-refractivity contribution in [2.24, 2.45) is 0 Å². The molecule has 0 saturated heterocycles. The highest BCUT2D eigenvalue weighted by atomic mass is 32.2. The minimum Gasteiger partial charge on any atom is -0.481 e. The van der Waals surface area contributed by atoms with E-state index in [1.54, 1.807) is 41.8 Å². The SMILES string of the molecule is O=C(O)C(CS(=O)(=O)c1cccs1)c1ccccc1. The molecular formula is C13H12O4S2. The fraction of sp³-hybridized carbons (Fsp3) is 0.154. The average molecular weight is 296 g/mol. The molecular weight excluding hydrogens is 284 g/mol. The Morgan fingerprint density at radius 3 is 2.37 bits per heavy atom. The number of benzene rings is 1. The molecule has 0 bridgehead atoms. The van der Waals surface area contributed by atoms with E-state index in [4.69, 9.17) is 0 Å². The van der Waals surface area contributed by atoms with Crippen LogP contribution in [0.3, 0.4) is 0 Å². The van der Waals surface area contributed by atoms with Gasteiger partial charge in [-0.05, 0) is 17.0 Å². The fourth-order valence-electron chi connectivity index (χ4n) is 1.74. The molecule has 1 atom stereocenters. The van der Waals surface area contributed by atoms with Crippen molar-refractivity contribution in [3.8, 4) is 0 Å². The summed E-state index contributed by atoms with van der Waals surface area (Å²) >= 11 is 1.10. The quantitative estimate of drug-likeness (QED) is 0.919. The van der Waals surface area contributed by atoms with E-state index in [-0.39, 0.29) is 4.21 Å². The normalized spacial score (nSPS) is 13.1. The molecule has 0 aliphatic carbocycles. The first-order valence-corrected chi connectivity index (χ1v) is 8.08. The fourth-order valence-corrected chi connectivity index (χ4v) is 4.37. The van der Waals surface area contributed by atoms with Crippen molar-refractivity contribution in [2.45, 2.75) is 10.1 Å².